The van der Waals surface area contributed by atoms with E-state index in [9.17, 15) is 9.59 Å². The summed E-state index contributed by atoms with van der Waals surface area (Å²) < 4.78 is 5.39. The molecule has 0 aromatic heterocycles. The van der Waals surface area contributed by atoms with Crippen molar-refractivity contribution in [3.05, 3.63) is 24.3 Å². The van der Waals surface area contributed by atoms with Gasteiger partial charge in [0.15, 0.2) is 0 Å². The summed E-state index contributed by atoms with van der Waals surface area (Å²) in [5.41, 5.74) is 0.360. The van der Waals surface area contributed by atoms with Crippen LogP contribution < -0.4 is 15.4 Å². The van der Waals surface area contributed by atoms with E-state index in [4.69, 9.17) is 4.74 Å². The standard InChI is InChI=1S/C19H29N3O3/c1-5-25-16-8-6-14(7-9-16)21-18(24)22-12-10-15(11-13-22)20-17(23)19(2,3)4/h6-9,15H,5,10-13H2,1-4H3,(H,20,23)(H,21,24). The summed E-state index contributed by atoms with van der Waals surface area (Å²) in [7, 11) is 0. The number of carbonyl (C=O) groups is 2. The molecule has 1 fully saturated rings. The van der Waals surface area contributed by atoms with Crippen molar-refractivity contribution < 1.29 is 14.3 Å². The van der Waals surface area contributed by atoms with Crippen molar-refractivity contribution in [2.45, 2.75) is 46.6 Å². The average molecular weight is 347 g/mol. The maximum atomic E-state index is 12.4. The van der Waals surface area contributed by atoms with Gasteiger partial charge in [0.25, 0.3) is 0 Å². The molecule has 6 heteroatoms. The highest BCUT2D eigenvalue weighted by Gasteiger charge is 2.27. The van der Waals surface area contributed by atoms with Crippen LogP contribution in [0.15, 0.2) is 24.3 Å². The van der Waals surface area contributed by atoms with E-state index < -0.39 is 0 Å². The van der Waals surface area contributed by atoms with Gasteiger partial charge in [0.2, 0.25) is 5.91 Å². The number of nitrogens with zero attached hydrogens (tertiary/aromatic N) is 1. The van der Waals surface area contributed by atoms with Crippen molar-refractivity contribution in [2.24, 2.45) is 5.41 Å². The number of benzene rings is 1. The largest absolute Gasteiger partial charge is 0.494 e. The molecule has 0 saturated carbocycles. The molecule has 2 rings (SSSR count). The molecule has 0 bridgehead atoms. The van der Waals surface area contributed by atoms with Crippen molar-refractivity contribution in [3.8, 4) is 5.75 Å². The molecule has 25 heavy (non-hydrogen) atoms. The number of urea groups is 1. The van der Waals surface area contributed by atoms with Gasteiger partial charge in [0, 0.05) is 30.2 Å². The highest BCUT2D eigenvalue weighted by molar-refractivity contribution is 5.89. The summed E-state index contributed by atoms with van der Waals surface area (Å²) >= 11 is 0. The van der Waals surface area contributed by atoms with E-state index in [1.807, 2.05) is 52.0 Å². The Bertz CT molecular complexity index is 585. The van der Waals surface area contributed by atoms with Gasteiger partial charge in [-0.1, -0.05) is 20.8 Å². The lowest BCUT2D eigenvalue weighted by Gasteiger charge is -2.33. The molecule has 2 N–H and O–H groups in total. The van der Waals surface area contributed by atoms with Gasteiger partial charge < -0.3 is 20.3 Å². The van der Waals surface area contributed by atoms with E-state index >= 15 is 0 Å². The zero-order valence-electron chi connectivity index (χ0n) is 15.6. The van der Waals surface area contributed by atoms with Crippen LogP contribution in [0.25, 0.3) is 0 Å². The van der Waals surface area contributed by atoms with Crippen LogP contribution in [0, 0.1) is 5.41 Å². The van der Waals surface area contributed by atoms with Crippen LogP contribution in [-0.2, 0) is 4.79 Å². The lowest BCUT2D eigenvalue weighted by molar-refractivity contribution is -0.129. The highest BCUT2D eigenvalue weighted by atomic mass is 16.5. The first-order chi connectivity index (χ1) is 11.8. The molecule has 138 valence electrons. The smallest absolute Gasteiger partial charge is 0.321 e. The Labute approximate surface area is 149 Å². The average Bonchev–Trinajstić information content (AvgIpc) is 2.56. The van der Waals surface area contributed by atoms with E-state index in [0.717, 1.165) is 24.3 Å². The van der Waals surface area contributed by atoms with Gasteiger partial charge in [-0.25, -0.2) is 4.79 Å². The van der Waals surface area contributed by atoms with Crippen LogP contribution in [0.1, 0.15) is 40.5 Å². The minimum absolute atomic E-state index is 0.0600. The van der Waals surface area contributed by atoms with Crippen LogP contribution in [0.2, 0.25) is 0 Å². The Morgan fingerprint density at radius 2 is 1.76 bits per heavy atom. The monoisotopic (exact) mass is 347 g/mol. The Balaban J connectivity index is 1.80. The van der Waals surface area contributed by atoms with Crippen molar-refractivity contribution in [1.82, 2.24) is 10.2 Å². The first-order valence-electron chi connectivity index (χ1n) is 8.89. The molecular formula is C19H29N3O3. The molecule has 1 aromatic carbocycles. The Morgan fingerprint density at radius 1 is 1.16 bits per heavy atom. The quantitative estimate of drug-likeness (QED) is 0.878. The summed E-state index contributed by atoms with van der Waals surface area (Å²) in [5.74, 6) is 0.848. The van der Waals surface area contributed by atoms with E-state index in [2.05, 4.69) is 10.6 Å². The summed E-state index contributed by atoms with van der Waals surface area (Å²) in [6.07, 6.45) is 1.55. The molecule has 0 atom stereocenters. The normalized spacial score (nSPS) is 15.6. The van der Waals surface area contributed by atoms with E-state index in [-0.39, 0.29) is 23.4 Å². The summed E-state index contributed by atoms with van der Waals surface area (Å²) in [4.78, 5) is 26.2. The third kappa shape index (κ3) is 5.66. The number of hydrogen-bond acceptors (Lipinski definition) is 3. The number of nitrogens with one attached hydrogen (secondary N) is 2. The van der Waals surface area contributed by atoms with Crippen molar-refractivity contribution in [3.63, 3.8) is 0 Å². The second kappa shape index (κ2) is 8.23. The van der Waals surface area contributed by atoms with Crippen molar-refractivity contribution in [1.29, 1.82) is 0 Å². The van der Waals surface area contributed by atoms with Gasteiger partial charge in [0.1, 0.15) is 5.75 Å². The van der Waals surface area contributed by atoms with Crippen molar-refractivity contribution >= 4 is 17.6 Å². The molecule has 6 nitrogen and oxygen atoms in total. The Morgan fingerprint density at radius 3 is 2.28 bits per heavy atom. The summed E-state index contributed by atoms with van der Waals surface area (Å²) in [5, 5.41) is 5.98. The minimum Gasteiger partial charge on any atom is -0.494 e. The molecule has 1 aromatic rings. The molecule has 1 heterocycles. The Kier molecular flexibility index (Phi) is 6.28. The van der Waals surface area contributed by atoms with Gasteiger partial charge in [-0.15, -0.1) is 0 Å². The van der Waals surface area contributed by atoms with E-state index in [1.54, 1.807) is 4.90 Å². The van der Waals surface area contributed by atoms with Crippen molar-refractivity contribution in [2.75, 3.05) is 25.0 Å². The lowest BCUT2D eigenvalue weighted by atomic mass is 9.94. The zero-order valence-corrected chi connectivity index (χ0v) is 15.6. The second-order valence-corrected chi connectivity index (χ2v) is 7.37. The van der Waals surface area contributed by atoms with Gasteiger partial charge in [-0.2, -0.15) is 0 Å². The van der Waals surface area contributed by atoms with Gasteiger partial charge in [0.05, 0.1) is 6.61 Å². The van der Waals surface area contributed by atoms with Crippen LogP contribution in [0.4, 0.5) is 10.5 Å². The molecule has 0 radical (unpaired) electrons. The lowest BCUT2D eigenvalue weighted by Crippen LogP contribution is -2.49. The topological polar surface area (TPSA) is 70.7 Å². The zero-order chi connectivity index (χ0) is 18.4. The number of likely N-dealkylation sites (tertiary alicyclic amines) is 1. The van der Waals surface area contributed by atoms with Crippen LogP contribution >= 0.6 is 0 Å². The van der Waals surface area contributed by atoms with Gasteiger partial charge >= 0.3 is 6.03 Å². The molecule has 0 spiro atoms. The number of amides is 3. The number of ether oxygens (including phenoxy) is 1. The SMILES string of the molecule is CCOc1ccc(NC(=O)N2CCC(NC(=O)C(C)(C)C)CC2)cc1. The molecular weight excluding hydrogens is 318 g/mol. The number of anilines is 1. The minimum atomic E-state index is -0.387. The Hall–Kier alpha value is -2.24. The fourth-order valence-corrected chi connectivity index (χ4v) is 2.63. The fourth-order valence-electron chi connectivity index (χ4n) is 2.63. The van der Waals surface area contributed by atoms with Crippen LogP contribution in [0.3, 0.4) is 0 Å². The van der Waals surface area contributed by atoms with E-state index in [1.165, 1.54) is 0 Å². The second-order valence-electron chi connectivity index (χ2n) is 7.37. The maximum Gasteiger partial charge on any atom is 0.321 e. The predicted octanol–water partition coefficient (Wildman–Crippen LogP) is 3.24. The first kappa shape index (κ1) is 19.1. The van der Waals surface area contributed by atoms with E-state index in [0.29, 0.717) is 19.7 Å². The van der Waals surface area contributed by atoms with Gasteiger partial charge in [-0.05, 0) is 44.0 Å². The molecule has 1 aliphatic heterocycles. The number of hydrogen-bond donors (Lipinski definition) is 2. The molecule has 3 amide bonds. The maximum absolute atomic E-state index is 12.4. The number of piperidine rings is 1. The predicted molar refractivity (Wildman–Crippen MR) is 98.8 cm³/mol. The first-order valence-corrected chi connectivity index (χ1v) is 8.89. The molecule has 0 unspecified atom stereocenters. The summed E-state index contributed by atoms with van der Waals surface area (Å²) in [6.45, 7) is 9.54. The summed E-state index contributed by atoms with van der Waals surface area (Å²) in [6, 6.07) is 7.38. The van der Waals surface area contributed by atoms with Crippen LogP contribution in [0.5, 0.6) is 5.75 Å². The highest BCUT2D eigenvalue weighted by Crippen LogP contribution is 2.19. The van der Waals surface area contributed by atoms with Gasteiger partial charge in [-0.3, -0.25) is 4.79 Å². The molecule has 0 aliphatic carbocycles. The fraction of sp³-hybridized carbons (Fsp3) is 0.579. The third-order valence-electron chi connectivity index (χ3n) is 4.22. The molecule has 1 aliphatic rings. The molecule has 1 saturated heterocycles. The number of rotatable bonds is 4. The number of carbonyl (C=O) groups excluding carboxylic acids is 2. The van der Waals surface area contributed by atoms with Crippen LogP contribution in [-0.4, -0.2) is 42.6 Å². The third-order valence-corrected chi connectivity index (χ3v) is 4.22.